The van der Waals surface area contributed by atoms with E-state index in [0.717, 1.165) is 19.0 Å². The second kappa shape index (κ2) is 4.75. The zero-order valence-corrected chi connectivity index (χ0v) is 9.29. The van der Waals surface area contributed by atoms with E-state index >= 15 is 0 Å². The molecule has 0 aliphatic carbocycles. The number of rotatable bonds is 2. The number of amides is 1. The van der Waals surface area contributed by atoms with Crippen LogP contribution in [-0.4, -0.2) is 29.9 Å². The highest BCUT2D eigenvalue weighted by atomic mass is 16.2. The van der Waals surface area contributed by atoms with Gasteiger partial charge in [-0.05, 0) is 31.7 Å². The van der Waals surface area contributed by atoms with Crippen LogP contribution >= 0.6 is 0 Å². The van der Waals surface area contributed by atoms with Crippen molar-refractivity contribution in [3.63, 3.8) is 0 Å². The largest absolute Gasteiger partial charge is 0.293 e. The molecule has 3 N–H and O–H groups in total. The lowest BCUT2D eigenvalue weighted by Gasteiger charge is -2.37. The van der Waals surface area contributed by atoms with Crippen LogP contribution in [0.25, 0.3) is 0 Å². The van der Waals surface area contributed by atoms with Gasteiger partial charge in [-0.3, -0.25) is 15.1 Å². The van der Waals surface area contributed by atoms with Crippen LogP contribution in [0.4, 0.5) is 0 Å². The summed E-state index contributed by atoms with van der Waals surface area (Å²) in [6.45, 7) is 8.42. The minimum Gasteiger partial charge on any atom is -0.293 e. The summed E-state index contributed by atoms with van der Waals surface area (Å²) in [4.78, 5) is 13.5. The first-order chi connectivity index (χ1) is 6.56. The fourth-order valence-electron chi connectivity index (χ4n) is 1.93. The molecule has 3 unspecified atom stereocenters. The Balaban J connectivity index is 2.50. The van der Waals surface area contributed by atoms with Gasteiger partial charge in [-0.25, -0.2) is 5.84 Å². The van der Waals surface area contributed by atoms with E-state index in [1.807, 2.05) is 6.92 Å². The molecule has 0 aromatic heterocycles. The van der Waals surface area contributed by atoms with E-state index in [0.29, 0.717) is 5.92 Å². The number of carbonyl (C=O) groups excluding carboxylic acids is 1. The van der Waals surface area contributed by atoms with Gasteiger partial charge in [0.05, 0.1) is 6.04 Å². The standard InChI is InChI=1S/C10H21N3O/c1-7-4-5-13(6-8(7)2)9(3)10(14)12-11/h7-9H,4-6,11H2,1-3H3,(H,12,14). The number of likely N-dealkylation sites (tertiary alicyclic amines) is 1. The molecule has 0 radical (unpaired) electrons. The molecule has 1 amide bonds. The van der Waals surface area contributed by atoms with Gasteiger partial charge in [0.25, 0.3) is 5.91 Å². The Morgan fingerprint density at radius 2 is 2.14 bits per heavy atom. The van der Waals surface area contributed by atoms with Gasteiger partial charge in [0.1, 0.15) is 0 Å². The molecule has 1 aliphatic rings. The van der Waals surface area contributed by atoms with Crippen molar-refractivity contribution in [2.24, 2.45) is 17.7 Å². The molecule has 3 atom stereocenters. The van der Waals surface area contributed by atoms with Gasteiger partial charge in [0.2, 0.25) is 0 Å². The summed E-state index contributed by atoms with van der Waals surface area (Å²) in [5.41, 5.74) is 2.21. The number of nitrogens with one attached hydrogen (secondary N) is 1. The van der Waals surface area contributed by atoms with Crippen LogP contribution in [-0.2, 0) is 4.79 Å². The van der Waals surface area contributed by atoms with Crippen LogP contribution < -0.4 is 11.3 Å². The molecule has 0 spiro atoms. The molecule has 82 valence electrons. The smallest absolute Gasteiger partial charge is 0.250 e. The number of hydrazine groups is 1. The van der Waals surface area contributed by atoms with E-state index in [-0.39, 0.29) is 11.9 Å². The van der Waals surface area contributed by atoms with Gasteiger partial charge in [0.15, 0.2) is 0 Å². The van der Waals surface area contributed by atoms with E-state index < -0.39 is 0 Å². The lowest BCUT2D eigenvalue weighted by Crippen LogP contribution is -2.51. The fraction of sp³-hybridized carbons (Fsp3) is 0.900. The van der Waals surface area contributed by atoms with E-state index in [1.54, 1.807) is 0 Å². The molecule has 0 aromatic rings. The molecule has 1 saturated heterocycles. The monoisotopic (exact) mass is 199 g/mol. The predicted octanol–water partition coefficient (Wildman–Crippen LogP) is 0.343. The van der Waals surface area contributed by atoms with Crippen LogP contribution in [0.1, 0.15) is 27.2 Å². The maximum absolute atomic E-state index is 11.3. The molecule has 4 nitrogen and oxygen atoms in total. The number of nitrogens with zero attached hydrogens (tertiary/aromatic N) is 1. The minimum absolute atomic E-state index is 0.0910. The minimum atomic E-state index is -0.102. The van der Waals surface area contributed by atoms with Crippen molar-refractivity contribution in [1.29, 1.82) is 0 Å². The number of hydrogen-bond acceptors (Lipinski definition) is 3. The van der Waals surface area contributed by atoms with Crippen LogP contribution in [0.15, 0.2) is 0 Å². The van der Waals surface area contributed by atoms with Crippen LogP contribution in [0.3, 0.4) is 0 Å². The van der Waals surface area contributed by atoms with Gasteiger partial charge in [-0.1, -0.05) is 13.8 Å². The van der Waals surface area contributed by atoms with Crippen molar-refractivity contribution in [3.8, 4) is 0 Å². The molecule has 4 heteroatoms. The molecule has 1 heterocycles. The first-order valence-electron chi connectivity index (χ1n) is 5.30. The first kappa shape index (κ1) is 11.5. The SMILES string of the molecule is CC1CCN(C(C)C(=O)NN)CC1C. The zero-order chi connectivity index (χ0) is 10.7. The number of piperidine rings is 1. The van der Waals surface area contributed by atoms with E-state index in [2.05, 4.69) is 24.2 Å². The highest BCUT2D eigenvalue weighted by molar-refractivity contribution is 5.80. The second-order valence-corrected chi connectivity index (χ2v) is 4.42. The Morgan fingerprint density at radius 3 is 2.64 bits per heavy atom. The molecule has 0 bridgehead atoms. The Hall–Kier alpha value is -0.610. The average Bonchev–Trinajstić information content (AvgIpc) is 2.20. The third-order valence-corrected chi connectivity index (χ3v) is 3.43. The highest BCUT2D eigenvalue weighted by Crippen LogP contribution is 2.23. The predicted molar refractivity (Wildman–Crippen MR) is 56.3 cm³/mol. The molecule has 1 rings (SSSR count). The molecular formula is C10H21N3O. The van der Waals surface area contributed by atoms with Crippen LogP contribution in [0.5, 0.6) is 0 Å². The number of hydrogen-bond donors (Lipinski definition) is 2. The Labute approximate surface area is 85.8 Å². The van der Waals surface area contributed by atoms with Crippen molar-refractivity contribution in [2.45, 2.75) is 33.2 Å². The second-order valence-electron chi connectivity index (χ2n) is 4.42. The summed E-state index contributed by atoms with van der Waals surface area (Å²) in [6.07, 6.45) is 1.17. The maximum Gasteiger partial charge on any atom is 0.250 e. The van der Waals surface area contributed by atoms with Gasteiger partial charge in [-0.15, -0.1) is 0 Å². The quantitative estimate of drug-likeness (QED) is 0.383. The van der Waals surface area contributed by atoms with Crippen molar-refractivity contribution in [3.05, 3.63) is 0 Å². The van der Waals surface area contributed by atoms with Gasteiger partial charge < -0.3 is 0 Å². The van der Waals surface area contributed by atoms with Gasteiger partial charge >= 0.3 is 0 Å². The molecule has 1 fully saturated rings. The van der Waals surface area contributed by atoms with E-state index in [9.17, 15) is 4.79 Å². The Kier molecular flexibility index (Phi) is 3.89. The lowest BCUT2D eigenvalue weighted by molar-refractivity contribution is -0.126. The third-order valence-electron chi connectivity index (χ3n) is 3.43. The normalized spacial score (nSPS) is 31.1. The molecular weight excluding hydrogens is 178 g/mol. The van der Waals surface area contributed by atoms with E-state index in [4.69, 9.17) is 5.84 Å². The average molecular weight is 199 g/mol. The Morgan fingerprint density at radius 1 is 1.50 bits per heavy atom. The summed E-state index contributed by atoms with van der Waals surface area (Å²) in [5.74, 6) is 6.45. The summed E-state index contributed by atoms with van der Waals surface area (Å²) >= 11 is 0. The lowest BCUT2D eigenvalue weighted by atomic mass is 9.88. The summed E-state index contributed by atoms with van der Waals surface area (Å²) in [7, 11) is 0. The van der Waals surface area contributed by atoms with Crippen LogP contribution in [0.2, 0.25) is 0 Å². The maximum atomic E-state index is 11.3. The molecule has 1 aliphatic heterocycles. The summed E-state index contributed by atoms with van der Waals surface area (Å²) < 4.78 is 0. The van der Waals surface area contributed by atoms with Gasteiger partial charge in [0, 0.05) is 6.54 Å². The summed E-state index contributed by atoms with van der Waals surface area (Å²) in [6, 6.07) is -0.102. The summed E-state index contributed by atoms with van der Waals surface area (Å²) in [5, 5.41) is 0. The topological polar surface area (TPSA) is 58.4 Å². The van der Waals surface area contributed by atoms with Crippen molar-refractivity contribution >= 4 is 5.91 Å². The number of carbonyl (C=O) groups is 1. The van der Waals surface area contributed by atoms with Crippen LogP contribution in [0, 0.1) is 11.8 Å². The zero-order valence-electron chi connectivity index (χ0n) is 9.29. The molecule has 14 heavy (non-hydrogen) atoms. The van der Waals surface area contributed by atoms with Crippen molar-refractivity contribution in [1.82, 2.24) is 10.3 Å². The Bertz CT molecular complexity index is 208. The highest BCUT2D eigenvalue weighted by Gasteiger charge is 2.28. The molecule has 0 aromatic carbocycles. The first-order valence-corrected chi connectivity index (χ1v) is 5.30. The number of nitrogens with two attached hydrogens (primary N) is 1. The van der Waals surface area contributed by atoms with Gasteiger partial charge in [-0.2, -0.15) is 0 Å². The van der Waals surface area contributed by atoms with Crippen molar-refractivity contribution in [2.75, 3.05) is 13.1 Å². The fourth-order valence-corrected chi connectivity index (χ4v) is 1.93. The molecule has 0 saturated carbocycles. The van der Waals surface area contributed by atoms with Crippen molar-refractivity contribution < 1.29 is 4.79 Å². The third kappa shape index (κ3) is 2.45. The van der Waals surface area contributed by atoms with E-state index in [1.165, 1.54) is 6.42 Å².